The zero-order valence-electron chi connectivity index (χ0n) is 16.2. The Morgan fingerprint density at radius 3 is 2.55 bits per heavy atom. The normalized spacial score (nSPS) is 19.1. The fraction of sp³-hybridized carbons (Fsp3) is 0.381. The maximum absolute atomic E-state index is 12.9. The maximum Gasteiger partial charge on any atom is 0.274 e. The van der Waals surface area contributed by atoms with Crippen LogP contribution < -0.4 is 15.0 Å². The Labute approximate surface area is 172 Å². The summed E-state index contributed by atoms with van der Waals surface area (Å²) in [5, 5.41) is 8.86. The number of nitrogens with zero attached hydrogens (tertiary/aromatic N) is 1. The number of ether oxygens (including phenoxy) is 2. The van der Waals surface area contributed by atoms with Gasteiger partial charge in [0.2, 0.25) is 0 Å². The molecule has 0 aliphatic carbocycles. The van der Waals surface area contributed by atoms with E-state index in [4.69, 9.17) is 14.7 Å². The molecule has 7 nitrogen and oxygen atoms in total. The van der Waals surface area contributed by atoms with E-state index in [1.807, 2.05) is 34.6 Å². The first-order valence-corrected chi connectivity index (χ1v) is 10.7. The summed E-state index contributed by atoms with van der Waals surface area (Å²) in [7, 11) is 0.393. The summed E-state index contributed by atoms with van der Waals surface area (Å²) in [4.78, 5) is 12.5. The van der Waals surface area contributed by atoms with Crippen LogP contribution in [0.4, 0.5) is 0 Å². The lowest BCUT2D eigenvalue weighted by molar-refractivity contribution is 0.00247. The van der Waals surface area contributed by atoms with Gasteiger partial charge in [0.25, 0.3) is 5.91 Å². The van der Waals surface area contributed by atoms with Gasteiger partial charge in [0.15, 0.2) is 0 Å². The number of nitrogens with one attached hydrogen (secondary N) is 1. The van der Waals surface area contributed by atoms with Crippen LogP contribution in [-0.2, 0) is 17.4 Å². The average Bonchev–Trinajstić information content (AvgIpc) is 2.78. The molecule has 2 aliphatic heterocycles. The van der Waals surface area contributed by atoms with Crippen molar-refractivity contribution in [1.82, 2.24) is 9.79 Å². The number of fused-ring (bicyclic) bond motifs is 1. The van der Waals surface area contributed by atoms with E-state index in [9.17, 15) is 9.00 Å². The number of hydrogen-bond acceptors (Lipinski definition) is 5. The monoisotopic (exact) mass is 416 g/mol. The Morgan fingerprint density at radius 2 is 1.90 bits per heavy atom. The highest BCUT2D eigenvalue weighted by Crippen LogP contribution is 2.40. The SMILES string of the molecule is COc1ccc(S(=O)N2CCC3(CCc4ccc(C(=O)NO)cc4O3)CC2)cc1. The number of aryl methyl sites for hydroxylation is 1. The largest absolute Gasteiger partial charge is 0.497 e. The molecule has 0 aromatic heterocycles. The number of amides is 1. The molecule has 0 radical (unpaired) electrons. The lowest BCUT2D eigenvalue weighted by atomic mass is 9.83. The second kappa shape index (κ2) is 8.14. The molecule has 0 saturated carbocycles. The summed E-state index contributed by atoms with van der Waals surface area (Å²) < 4.78 is 26.4. The number of piperidine rings is 1. The number of hydroxylamine groups is 1. The van der Waals surface area contributed by atoms with E-state index in [2.05, 4.69) is 0 Å². The van der Waals surface area contributed by atoms with Gasteiger partial charge in [0.05, 0.1) is 12.0 Å². The van der Waals surface area contributed by atoms with E-state index in [1.54, 1.807) is 24.7 Å². The molecule has 8 heteroatoms. The fourth-order valence-corrected chi connectivity index (χ4v) is 5.14. The molecule has 29 heavy (non-hydrogen) atoms. The third kappa shape index (κ3) is 4.01. The van der Waals surface area contributed by atoms with E-state index < -0.39 is 16.9 Å². The maximum atomic E-state index is 12.9. The van der Waals surface area contributed by atoms with E-state index in [0.29, 0.717) is 24.4 Å². The standard InChI is InChI=1S/C21H24N2O5S/c1-27-17-4-6-18(7-5-17)29(26)23-12-10-21(11-13-23)9-8-15-2-3-16(20(24)22-25)14-19(15)28-21/h2-7,14,25H,8-13H2,1H3,(H,22,24). The third-order valence-corrected chi connectivity index (χ3v) is 7.25. The van der Waals surface area contributed by atoms with Crippen molar-refractivity contribution < 1.29 is 23.7 Å². The zero-order valence-corrected chi connectivity index (χ0v) is 17.0. The molecule has 2 aliphatic rings. The number of hydrogen-bond donors (Lipinski definition) is 2. The number of carbonyl (C=O) groups excluding carboxylic acids is 1. The molecule has 0 bridgehead atoms. The summed E-state index contributed by atoms with van der Waals surface area (Å²) in [6, 6.07) is 12.6. The summed E-state index contributed by atoms with van der Waals surface area (Å²) in [5.74, 6) is 0.884. The van der Waals surface area contributed by atoms with E-state index in [-0.39, 0.29) is 5.60 Å². The van der Waals surface area contributed by atoms with Crippen LogP contribution in [0.2, 0.25) is 0 Å². The van der Waals surface area contributed by atoms with Gasteiger partial charge in [-0.25, -0.2) is 14.0 Å². The number of benzene rings is 2. The first-order valence-electron chi connectivity index (χ1n) is 9.61. The van der Waals surface area contributed by atoms with E-state index in [1.165, 1.54) is 0 Å². The minimum atomic E-state index is -1.22. The second-order valence-corrected chi connectivity index (χ2v) is 8.89. The number of rotatable bonds is 4. The van der Waals surface area contributed by atoms with Gasteiger partial charge in [0, 0.05) is 31.5 Å². The van der Waals surface area contributed by atoms with Crippen LogP contribution >= 0.6 is 0 Å². The molecular weight excluding hydrogens is 392 g/mol. The molecular formula is C21H24N2O5S. The highest BCUT2D eigenvalue weighted by Gasteiger charge is 2.40. The molecule has 154 valence electrons. The van der Waals surface area contributed by atoms with Gasteiger partial charge in [-0.05, 0) is 54.8 Å². The Morgan fingerprint density at radius 1 is 1.17 bits per heavy atom. The van der Waals surface area contributed by atoms with Crippen molar-refractivity contribution in [2.45, 2.75) is 36.2 Å². The molecule has 2 aromatic carbocycles. The van der Waals surface area contributed by atoms with Crippen LogP contribution in [0.25, 0.3) is 0 Å². The Kier molecular flexibility index (Phi) is 5.58. The highest BCUT2D eigenvalue weighted by molar-refractivity contribution is 7.82. The van der Waals surface area contributed by atoms with Gasteiger partial charge < -0.3 is 9.47 Å². The molecule has 1 atom stereocenters. The Bertz CT molecular complexity index is 923. The number of methoxy groups -OCH3 is 1. The van der Waals surface area contributed by atoms with Crippen LogP contribution in [0.5, 0.6) is 11.5 Å². The molecule has 1 fully saturated rings. The molecule has 4 rings (SSSR count). The quantitative estimate of drug-likeness (QED) is 0.591. The molecule has 1 amide bonds. The summed E-state index contributed by atoms with van der Waals surface area (Å²) >= 11 is 0. The Balaban J connectivity index is 1.43. The van der Waals surface area contributed by atoms with Crippen LogP contribution in [0.3, 0.4) is 0 Å². The van der Waals surface area contributed by atoms with Crippen LogP contribution in [0.15, 0.2) is 47.4 Å². The van der Waals surface area contributed by atoms with E-state index in [0.717, 1.165) is 41.9 Å². The first kappa shape index (κ1) is 19.9. The summed E-state index contributed by atoms with van der Waals surface area (Å²) in [5.41, 5.74) is 2.78. The van der Waals surface area contributed by atoms with Crippen LogP contribution in [-0.4, -0.2) is 45.4 Å². The minimum absolute atomic E-state index is 0.304. The zero-order chi connectivity index (χ0) is 20.4. The van der Waals surface area contributed by atoms with Gasteiger partial charge in [-0.1, -0.05) is 6.07 Å². The molecule has 1 spiro atoms. The Hall–Kier alpha value is -2.42. The van der Waals surface area contributed by atoms with E-state index >= 15 is 0 Å². The van der Waals surface area contributed by atoms with Crippen LogP contribution in [0, 0.1) is 0 Å². The van der Waals surface area contributed by atoms with Crippen molar-refractivity contribution in [2.24, 2.45) is 0 Å². The van der Waals surface area contributed by atoms with Gasteiger partial charge >= 0.3 is 0 Å². The van der Waals surface area contributed by atoms with Crippen molar-refractivity contribution in [3.63, 3.8) is 0 Å². The minimum Gasteiger partial charge on any atom is -0.497 e. The van der Waals surface area contributed by atoms with Crippen molar-refractivity contribution in [3.8, 4) is 11.5 Å². The number of carbonyl (C=O) groups is 1. The van der Waals surface area contributed by atoms with Crippen molar-refractivity contribution in [3.05, 3.63) is 53.6 Å². The van der Waals surface area contributed by atoms with Gasteiger partial charge in [-0.2, -0.15) is 0 Å². The van der Waals surface area contributed by atoms with Gasteiger partial charge in [-0.15, -0.1) is 0 Å². The molecule has 1 saturated heterocycles. The molecule has 2 aromatic rings. The van der Waals surface area contributed by atoms with Gasteiger partial charge in [-0.3, -0.25) is 10.0 Å². The fourth-order valence-electron chi connectivity index (χ4n) is 3.96. The lowest BCUT2D eigenvalue weighted by Gasteiger charge is -2.44. The highest BCUT2D eigenvalue weighted by atomic mass is 32.2. The summed E-state index contributed by atoms with van der Waals surface area (Å²) in [6.07, 6.45) is 3.31. The molecule has 2 heterocycles. The van der Waals surface area contributed by atoms with Crippen molar-refractivity contribution >= 4 is 16.9 Å². The predicted molar refractivity (Wildman–Crippen MR) is 108 cm³/mol. The van der Waals surface area contributed by atoms with Crippen molar-refractivity contribution in [2.75, 3.05) is 20.2 Å². The predicted octanol–water partition coefficient (Wildman–Crippen LogP) is 2.70. The average molecular weight is 416 g/mol. The summed E-state index contributed by atoms with van der Waals surface area (Å²) in [6.45, 7) is 1.34. The first-order chi connectivity index (χ1) is 14.0. The van der Waals surface area contributed by atoms with Crippen LogP contribution in [0.1, 0.15) is 35.2 Å². The molecule has 1 unspecified atom stereocenters. The lowest BCUT2D eigenvalue weighted by Crippen LogP contribution is -2.50. The third-order valence-electron chi connectivity index (χ3n) is 5.74. The van der Waals surface area contributed by atoms with Gasteiger partial charge in [0.1, 0.15) is 28.1 Å². The topological polar surface area (TPSA) is 88.1 Å². The van der Waals surface area contributed by atoms with Crippen molar-refractivity contribution in [1.29, 1.82) is 0 Å². The smallest absolute Gasteiger partial charge is 0.274 e. The molecule has 2 N–H and O–H groups in total. The second-order valence-electron chi connectivity index (χ2n) is 7.40.